The van der Waals surface area contributed by atoms with E-state index in [2.05, 4.69) is 20.6 Å². The maximum atomic E-state index is 14.6. The number of carbonyl (C=O) groups is 1. The maximum Gasteiger partial charge on any atom is 0.226 e. The number of fused-ring (bicyclic) bond motifs is 1. The first-order chi connectivity index (χ1) is 19.4. The van der Waals surface area contributed by atoms with Crippen LogP contribution in [-0.4, -0.2) is 73.9 Å². The van der Waals surface area contributed by atoms with E-state index in [0.717, 1.165) is 19.3 Å². The number of hydrogen-bond acceptors (Lipinski definition) is 8. The van der Waals surface area contributed by atoms with Gasteiger partial charge in [-0.2, -0.15) is 4.98 Å². The quantitative estimate of drug-likeness (QED) is 0.399. The van der Waals surface area contributed by atoms with Crippen molar-refractivity contribution in [1.82, 2.24) is 24.4 Å². The van der Waals surface area contributed by atoms with E-state index in [-0.39, 0.29) is 42.5 Å². The zero-order chi connectivity index (χ0) is 27.8. The molecule has 1 unspecified atom stereocenters. The number of benzene rings is 1. The number of nitrogens with zero attached hydrogens (tertiary/aromatic N) is 5. The number of aromatic nitrogens is 4. The predicted molar refractivity (Wildman–Crippen MR) is 141 cm³/mol. The molecule has 1 aromatic carbocycles. The molecule has 3 aliphatic rings. The molecule has 13 heteroatoms. The molecule has 0 spiro atoms. The van der Waals surface area contributed by atoms with Crippen LogP contribution in [0, 0.1) is 23.4 Å². The van der Waals surface area contributed by atoms with Gasteiger partial charge in [-0.1, -0.05) is 0 Å². The highest BCUT2D eigenvalue weighted by Gasteiger charge is 2.36. The van der Waals surface area contributed by atoms with Crippen LogP contribution in [0.15, 0.2) is 18.3 Å². The van der Waals surface area contributed by atoms with Crippen molar-refractivity contribution in [3.63, 3.8) is 0 Å². The average molecular weight is 560 g/mol. The third-order valence-electron chi connectivity index (χ3n) is 8.22. The summed E-state index contributed by atoms with van der Waals surface area (Å²) in [7, 11) is 0. The van der Waals surface area contributed by atoms with Crippen LogP contribution in [0.1, 0.15) is 51.0 Å². The summed E-state index contributed by atoms with van der Waals surface area (Å²) < 4.78 is 49.9. The summed E-state index contributed by atoms with van der Waals surface area (Å²) >= 11 is 0. The van der Waals surface area contributed by atoms with E-state index in [1.54, 1.807) is 6.20 Å². The molecule has 3 aromatic rings. The largest absolute Gasteiger partial charge is 0.394 e. The Balaban J connectivity index is 1.30. The van der Waals surface area contributed by atoms with Gasteiger partial charge in [0.05, 0.1) is 31.5 Å². The van der Waals surface area contributed by atoms with E-state index in [4.69, 9.17) is 9.72 Å². The number of ether oxygens (including phenoxy) is 1. The molecular weight excluding hydrogens is 527 g/mol. The third-order valence-corrected chi connectivity index (χ3v) is 8.22. The Morgan fingerprint density at radius 1 is 1.07 bits per heavy atom. The molecule has 0 radical (unpaired) electrons. The van der Waals surface area contributed by atoms with Crippen LogP contribution in [0.2, 0.25) is 0 Å². The van der Waals surface area contributed by atoms with Gasteiger partial charge in [0.25, 0.3) is 0 Å². The number of amides is 1. The molecular formula is C27H32F3N7O3. The Hall–Kier alpha value is -3.45. The number of likely N-dealkylation sites (tertiary alicyclic amines) is 1. The first kappa shape index (κ1) is 26.8. The lowest BCUT2D eigenvalue weighted by Gasteiger charge is -2.33. The highest BCUT2D eigenvalue weighted by Crippen LogP contribution is 2.39. The van der Waals surface area contributed by atoms with Gasteiger partial charge in [0.2, 0.25) is 17.8 Å². The minimum Gasteiger partial charge on any atom is -0.394 e. The molecule has 4 heterocycles. The van der Waals surface area contributed by atoms with Crippen LogP contribution in [-0.2, 0) is 9.53 Å². The summed E-state index contributed by atoms with van der Waals surface area (Å²) in [5.74, 6) is -2.71. The van der Waals surface area contributed by atoms with Gasteiger partial charge in [0.1, 0.15) is 17.0 Å². The van der Waals surface area contributed by atoms with Crippen LogP contribution in [0.3, 0.4) is 0 Å². The van der Waals surface area contributed by atoms with Gasteiger partial charge in [0.15, 0.2) is 17.3 Å². The minimum atomic E-state index is -1.08. The van der Waals surface area contributed by atoms with Gasteiger partial charge < -0.3 is 25.4 Å². The molecule has 2 atom stereocenters. The summed E-state index contributed by atoms with van der Waals surface area (Å²) in [5.41, 5.74) is 0.400. The molecule has 3 fully saturated rings. The van der Waals surface area contributed by atoms with Crippen molar-refractivity contribution in [2.75, 3.05) is 37.0 Å². The number of aliphatic hydroxyl groups is 1. The van der Waals surface area contributed by atoms with Gasteiger partial charge in [0, 0.05) is 37.2 Å². The van der Waals surface area contributed by atoms with Gasteiger partial charge in [-0.05, 0) is 44.9 Å². The minimum absolute atomic E-state index is 0.0311. The lowest BCUT2D eigenvalue weighted by atomic mass is 9.85. The SMILES string of the molecule is O=C(C1CCC(n2c(Nc3c(F)cc(F)cc3F)nc3cnc(NC4CCOC4)nc32)CC1)N1CCC[C@H]1CO. The number of hydrogen-bond donors (Lipinski definition) is 3. The fourth-order valence-corrected chi connectivity index (χ4v) is 6.13. The van der Waals surface area contributed by atoms with Crippen LogP contribution in [0.25, 0.3) is 11.2 Å². The molecule has 1 saturated carbocycles. The highest BCUT2D eigenvalue weighted by atomic mass is 19.1. The van der Waals surface area contributed by atoms with Crippen LogP contribution < -0.4 is 10.6 Å². The average Bonchev–Trinajstić information content (AvgIpc) is 3.70. The van der Waals surface area contributed by atoms with Crippen LogP contribution in [0.5, 0.6) is 0 Å². The number of rotatable bonds is 7. The molecule has 10 nitrogen and oxygen atoms in total. The summed E-state index contributed by atoms with van der Waals surface area (Å²) in [6, 6.07) is 1.01. The molecule has 3 N–H and O–H groups in total. The smallest absolute Gasteiger partial charge is 0.226 e. The Morgan fingerprint density at radius 3 is 2.55 bits per heavy atom. The van der Waals surface area contributed by atoms with E-state index in [1.807, 2.05) is 9.47 Å². The van der Waals surface area contributed by atoms with E-state index in [0.29, 0.717) is 74.7 Å². The second kappa shape index (κ2) is 11.2. The molecule has 1 aliphatic carbocycles. The topological polar surface area (TPSA) is 117 Å². The molecule has 0 bridgehead atoms. The third kappa shape index (κ3) is 5.19. The summed E-state index contributed by atoms with van der Waals surface area (Å²) in [4.78, 5) is 28.7. The van der Waals surface area contributed by atoms with E-state index in [9.17, 15) is 23.1 Å². The van der Waals surface area contributed by atoms with Gasteiger partial charge in [-0.15, -0.1) is 0 Å². The second-order valence-electron chi connectivity index (χ2n) is 10.8. The van der Waals surface area contributed by atoms with Crippen molar-refractivity contribution >= 4 is 34.7 Å². The standard InChI is InChI=1S/C27H32F3N7O3/c28-16-10-20(29)23(21(30)11-16)34-27-33-22-12-31-26(32-17-7-9-40-14-17)35-24(22)37(27)18-5-3-15(4-6-18)25(39)36-8-1-2-19(36)13-38/h10-12,15,17-19,38H,1-9,13-14H2,(H,33,34)(H,31,32,35)/t15?,17?,18?,19-/m0/s1. The number of halogens is 3. The lowest BCUT2D eigenvalue weighted by molar-refractivity contribution is -0.138. The fraction of sp³-hybridized carbons (Fsp3) is 0.556. The Bertz CT molecular complexity index is 1370. The van der Waals surface area contributed by atoms with E-state index < -0.39 is 23.1 Å². The Labute approximate surface area is 228 Å². The van der Waals surface area contributed by atoms with Gasteiger partial charge >= 0.3 is 0 Å². The number of aliphatic hydroxyl groups excluding tert-OH is 1. The van der Waals surface area contributed by atoms with Crippen LogP contribution >= 0.6 is 0 Å². The lowest BCUT2D eigenvalue weighted by Crippen LogP contribution is -2.42. The van der Waals surface area contributed by atoms with Crippen molar-refractivity contribution < 1.29 is 27.8 Å². The predicted octanol–water partition coefficient (Wildman–Crippen LogP) is 3.90. The maximum absolute atomic E-state index is 14.6. The van der Waals surface area contributed by atoms with Gasteiger partial charge in [-0.3, -0.25) is 9.36 Å². The fourth-order valence-electron chi connectivity index (χ4n) is 6.13. The normalized spacial score (nSPS) is 25.1. The van der Waals surface area contributed by atoms with Crippen LogP contribution in [0.4, 0.5) is 30.8 Å². The van der Waals surface area contributed by atoms with E-state index in [1.165, 1.54) is 0 Å². The zero-order valence-corrected chi connectivity index (χ0v) is 22.0. The number of imidazole rings is 1. The van der Waals surface area contributed by atoms with Crippen molar-refractivity contribution in [1.29, 1.82) is 0 Å². The van der Waals surface area contributed by atoms with E-state index >= 15 is 0 Å². The number of anilines is 3. The summed E-state index contributed by atoms with van der Waals surface area (Å²) in [5, 5.41) is 15.7. The molecule has 214 valence electrons. The molecule has 2 aromatic heterocycles. The monoisotopic (exact) mass is 559 g/mol. The van der Waals surface area contributed by atoms with Crippen molar-refractivity contribution in [2.45, 2.75) is 63.1 Å². The Morgan fingerprint density at radius 2 is 1.85 bits per heavy atom. The van der Waals surface area contributed by atoms with Crippen molar-refractivity contribution in [3.05, 3.63) is 35.8 Å². The van der Waals surface area contributed by atoms with Crippen molar-refractivity contribution in [2.24, 2.45) is 5.92 Å². The molecule has 40 heavy (non-hydrogen) atoms. The molecule has 2 saturated heterocycles. The summed E-state index contributed by atoms with van der Waals surface area (Å²) in [6.45, 7) is 1.83. The highest BCUT2D eigenvalue weighted by molar-refractivity contribution is 5.80. The Kier molecular flexibility index (Phi) is 7.49. The first-order valence-corrected chi connectivity index (χ1v) is 13.8. The summed E-state index contributed by atoms with van der Waals surface area (Å²) in [6.07, 6.45) is 6.55. The van der Waals surface area contributed by atoms with Gasteiger partial charge in [-0.25, -0.2) is 23.1 Å². The molecule has 1 amide bonds. The number of carbonyl (C=O) groups excluding carboxylic acids is 1. The molecule has 2 aliphatic heterocycles. The second-order valence-corrected chi connectivity index (χ2v) is 10.8. The first-order valence-electron chi connectivity index (χ1n) is 13.8. The van der Waals surface area contributed by atoms with Crippen molar-refractivity contribution in [3.8, 4) is 0 Å². The zero-order valence-electron chi connectivity index (χ0n) is 22.0. The number of nitrogens with one attached hydrogen (secondary N) is 2. The molecule has 6 rings (SSSR count).